The van der Waals surface area contributed by atoms with E-state index in [1.54, 1.807) is 28.9 Å². The van der Waals surface area contributed by atoms with Gasteiger partial charge in [-0.3, -0.25) is 20.4 Å². The molecule has 0 unspecified atom stereocenters. The van der Waals surface area contributed by atoms with Gasteiger partial charge in [-0.1, -0.05) is 36.8 Å². The number of amides is 2. The van der Waals surface area contributed by atoms with E-state index in [1.165, 1.54) is 0 Å². The van der Waals surface area contributed by atoms with Crippen LogP contribution in [0.3, 0.4) is 0 Å². The molecule has 0 aliphatic heterocycles. The Morgan fingerprint density at radius 2 is 1.63 bits per heavy atom. The van der Waals surface area contributed by atoms with Gasteiger partial charge in [-0.05, 0) is 56.2 Å². The van der Waals surface area contributed by atoms with Crippen molar-refractivity contribution in [1.29, 1.82) is 0 Å². The van der Waals surface area contributed by atoms with E-state index in [9.17, 15) is 9.59 Å². The Morgan fingerprint density at radius 1 is 1.00 bits per heavy atom. The van der Waals surface area contributed by atoms with Gasteiger partial charge in [-0.15, -0.1) is 5.10 Å². The average Bonchev–Trinajstić information content (AvgIpc) is 3.19. The monoisotopic (exact) mass is 407 g/mol. The predicted octanol–water partition coefficient (Wildman–Crippen LogP) is 3.17. The highest BCUT2D eigenvalue weighted by Crippen LogP contribution is 2.21. The van der Waals surface area contributed by atoms with E-state index in [2.05, 4.69) is 21.2 Å². The van der Waals surface area contributed by atoms with Crippen LogP contribution in [0.15, 0.2) is 48.5 Å². The van der Waals surface area contributed by atoms with Crippen molar-refractivity contribution in [2.45, 2.75) is 33.6 Å². The fourth-order valence-corrected chi connectivity index (χ4v) is 2.96. The standard InChI is InChI=1S/C22H25N5O3/c1-5-30-18-12-8-16(9-13-18)21(28)24-25-22(29)19-20(14(2)3)27(26-23-19)17-10-6-15(4)7-11-17/h6-14H,5H2,1-4H3,(H,24,28)(H,25,29). The van der Waals surface area contributed by atoms with Crippen LogP contribution >= 0.6 is 0 Å². The van der Waals surface area contributed by atoms with Crippen LogP contribution < -0.4 is 15.6 Å². The predicted molar refractivity (Wildman–Crippen MR) is 113 cm³/mol. The Kier molecular flexibility index (Phi) is 6.46. The van der Waals surface area contributed by atoms with Crippen LogP contribution in [0.4, 0.5) is 0 Å². The van der Waals surface area contributed by atoms with Crippen molar-refractivity contribution in [3.05, 3.63) is 71.0 Å². The van der Waals surface area contributed by atoms with Crippen LogP contribution in [0.25, 0.3) is 5.69 Å². The van der Waals surface area contributed by atoms with E-state index >= 15 is 0 Å². The second-order valence-electron chi connectivity index (χ2n) is 7.09. The van der Waals surface area contributed by atoms with Crippen molar-refractivity contribution in [3.8, 4) is 11.4 Å². The number of ether oxygens (including phenoxy) is 1. The van der Waals surface area contributed by atoms with Gasteiger partial charge < -0.3 is 4.74 Å². The minimum atomic E-state index is -0.531. The zero-order valence-electron chi connectivity index (χ0n) is 17.5. The first kappa shape index (κ1) is 21.0. The summed E-state index contributed by atoms with van der Waals surface area (Å²) in [7, 11) is 0. The Morgan fingerprint density at radius 3 is 2.23 bits per heavy atom. The Bertz CT molecular complexity index is 1020. The normalized spacial score (nSPS) is 10.7. The molecule has 1 aromatic heterocycles. The molecule has 0 spiro atoms. The highest BCUT2D eigenvalue weighted by atomic mass is 16.5. The molecule has 0 fully saturated rings. The number of hydrogen-bond donors (Lipinski definition) is 2. The molecule has 0 aliphatic carbocycles. The van der Waals surface area contributed by atoms with Crippen LogP contribution in [0, 0.1) is 6.92 Å². The second-order valence-corrected chi connectivity index (χ2v) is 7.09. The lowest BCUT2D eigenvalue weighted by atomic mass is 10.1. The molecule has 2 amide bonds. The topological polar surface area (TPSA) is 98.1 Å². The largest absolute Gasteiger partial charge is 0.494 e. The van der Waals surface area contributed by atoms with Gasteiger partial charge in [0.05, 0.1) is 18.0 Å². The van der Waals surface area contributed by atoms with Gasteiger partial charge in [0.1, 0.15) is 5.75 Å². The summed E-state index contributed by atoms with van der Waals surface area (Å²) in [5.41, 5.74) is 7.99. The number of hydrazine groups is 1. The van der Waals surface area contributed by atoms with Gasteiger partial charge in [0.2, 0.25) is 0 Å². The number of benzene rings is 2. The molecule has 0 saturated heterocycles. The van der Waals surface area contributed by atoms with Crippen molar-refractivity contribution in [2.24, 2.45) is 0 Å². The highest BCUT2D eigenvalue weighted by Gasteiger charge is 2.23. The molecule has 8 heteroatoms. The minimum absolute atomic E-state index is 0.0103. The maximum atomic E-state index is 12.7. The fourth-order valence-electron chi connectivity index (χ4n) is 2.96. The first-order valence-corrected chi connectivity index (χ1v) is 9.77. The zero-order chi connectivity index (χ0) is 21.7. The number of nitrogens with one attached hydrogen (secondary N) is 2. The quantitative estimate of drug-likeness (QED) is 0.612. The van der Waals surface area contributed by atoms with E-state index in [4.69, 9.17) is 4.74 Å². The maximum absolute atomic E-state index is 12.7. The Labute approximate surface area is 175 Å². The van der Waals surface area contributed by atoms with E-state index in [1.807, 2.05) is 52.0 Å². The summed E-state index contributed by atoms with van der Waals surface area (Å²) in [6, 6.07) is 14.4. The molecule has 2 aromatic carbocycles. The van der Waals surface area contributed by atoms with Gasteiger partial charge in [0.15, 0.2) is 5.69 Å². The SMILES string of the molecule is CCOc1ccc(C(=O)NNC(=O)c2nnn(-c3ccc(C)cc3)c2C(C)C)cc1. The van der Waals surface area contributed by atoms with Crippen LogP contribution in [-0.4, -0.2) is 33.4 Å². The number of hydrogen-bond acceptors (Lipinski definition) is 5. The van der Waals surface area contributed by atoms with E-state index in [0.29, 0.717) is 23.6 Å². The number of rotatable bonds is 6. The number of carbonyl (C=O) groups is 2. The van der Waals surface area contributed by atoms with Crippen molar-refractivity contribution < 1.29 is 14.3 Å². The number of aromatic nitrogens is 3. The van der Waals surface area contributed by atoms with E-state index in [0.717, 1.165) is 11.3 Å². The summed E-state index contributed by atoms with van der Waals surface area (Å²) in [4.78, 5) is 25.0. The molecule has 3 rings (SSSR count). The van der Waals surface area contributed by atoms with Crippen molar-refractivity contribution in [3.63, 3.8) is 0 Å². The first-order chi connectivity index (χ1) is 14.4. The lowest BCUT2D eigenvalue weighted by Gasteiger charge is -2.12. The van der Waals surface area contributed by atoms with E-state index in [-0.39, 0.29) is 11.6 Å². The second kappa shape index (κ2) is 9.21. The molecule has 0 bridgehead atoms. The summed E-state index contributed by atoms with van der Waals surface area (Å²) in [6.45, 7) is 8.34. The molecule has 0 radical (unpaired) electrons. The molecule has 0 aliphatic rings. The molecule has 2 N–H and O–H groups in total. The van der Waals surface area contributed by atoms with Crippen LogP contribution in [0.1, 0.15) is 58.8 Å². The summed E-state index contributed by atoms with van der Waals surface area (Å²) < 4.78 is 7.00. The van der Waals surface area contributed by atoms with Crippen molar-refractivity contribution in [2.75, 3.05) is 6.61 Å². The molecular weight excluding hydrogens is 382 g/mol. The Hall–Kier alpha value is -3.68. The Balaban J connectivity index is 1.73. The lowest BCUT2D eigenvalue weighted by Crippen LogP contribution is -2.42. The lowest BCUT2D eigenvalue weighted by molar-refractivity contribution is 0.0843. The third kappa shape index (κ3) is 4.65. The molecule has 156 valence electrons. The van der Waals surface area contributed by atoms with Crippen LogP contribution in [-0.2, 0) is 0 Å². The average molecular weight is 407 g/mol. The molecule has 30 heavy (non-hydrogen) atoms. The molecule has 1 heterocycles. The smallest absolute Gasteiger partial charge is 0.292 e. The van der Waals surface area contributed by atoms with Gasteiger partial charge in [-0.2, -0.15) is 0 Å². The van der Waals surface area contributed by atoms with Gasteiger partial charge in [0.25, 0.3) is 11.8 Å². The van der Waals surface area contributed by atoms with Crippen molar-refractivity contribution in [1.82, 2.24) is 25.8 Å². The highest BCUT2D eigenvalue weighted by molar-refractivity contribution is 5.98. The molecule has 0 saturated carbocycles. The van der Waals surface area contributed by atoms with E-state index < -0.39 is 11.8 Å². The summed E-state index contributed by atoms with van der Waals surface area (Å²) >= 11 is 0. The summed E-state index contributed by atoms with van der Waals surface area (Å²) in [6.07, 6.45) is 0. The zero-order valence-corrected chi connectivity index (χ0v) is 17.5. The fraction of sp³-hybridized carbons (Fsp3) is 0.273. The van der Waals surface area contributed by atoms with Crippen LogP contribution in [0.2, 0.25) is 0 Å². The molecular formula is C22H25N5O3. The summed E-state index contributed by atoms with van der Waals surface area (Å²) in [5, 5.41) is 8.20. The molecule has 8 nitrogen and oxygen atoms in total. The number of nitrogens with zero attached hydrogens (tertiary/aromatic N) is 3. The third-order valence-corrected chi connectivity index (χ3v) is 4.46. The number of aryl methyl sites for hydroxylation is 1. The maximum Gasteiger partial charge on any atom is 0.292 e. The third-order valence-electron chi connectivity index (χ3n) is 4.46. The van der Waals surface area contributed by atoms with Gasteiger partial charge >= 0.3 is 0 Å². The van der Waals surface area contributed by atoms with Crippen molar-refractivity contribution >= 4 is 11.8 Å². The van der Waals surface area contributed by atoms with Crippen LogP contribution in [0.5, 0.6) is 5.75 Å². The first-order valence-electron chi connectivity index (χ1n) is 9.77. The summed E-state index contributed by atoms with van der Waals surface area (Å²) in [5.74, 6) is -0.309. The van der Waals surface area contributed by atoms with Gasteiger partial charge in [0, 0.05) is 5.56 Å². The molecule has 0 atom stereocenters. The van der Waals surface area contributed by atoms with Gasteiger partial charge in [-0.25, -0.2) is 4.68 Å². The minimum Gasteiger partial charge on any atom is -0.494 e. The molecule has 3 aromatic rings. The number of carbonyl (C=O) groups excluding carboxylic acids is 2.